The molecule has 0 aliphatic rings. The van der Waals surface area contributed by atoms with Gasteiger partial charge in [-0.15, -0.1) is 0 Å². The number of anilines is 1. The van der Waals surface area contributed by atoms with E-state index in [1.807, 2.05) is 61.5 Å². The average molecular weight is 376 g/mol. The molecule has 0 heterocycles. The quantitative estimate of drug-likeness (QED) is 0.681. The van der Waals surface area contributed by atoms with Crippen LogP contribution in [0.4, 0.5) is 5.69 Å². The molecule has 0 bridgehead atoms. The van der Waals surface area contributed by atoms with Crippen molar-refractivity contribution in [3.8, 4) is 5.75 Å². The molecule has 0 aliphatic carbocycles. The molecule has 3 aromatic carbocycles. The molecule has 1 N–H and O–H groups in total. The zero-order valence-corrected chi connectivity index (χ0v) is 16.1. The van der Waals surface area contributed by atoms with E-state index in [-0.39, 0.29) is 24.8 Å². The number of fused-ring (bicyclic) bond motifs is 1. The van der Waals surface area contributed by atoms with Crippen molar-refractivity contribution in [2.45, 2.75) is 13.3 Å². The van der Waals surface area contributed by atoms with E-state index in [0.29, 0.717) is 18.0 Å². The van der Waals surface area contributed by atoms with Crippen LogP contribution in [0.25, 0.3) is 10.8 Å². The van der Waals surface area contributed by atoms with Gasteiger partial charge in [0.25, 0.3) is 0 Å². The summed E-state index contributed by atoms with van der Waals surface area (Å²) in [6.07, 6.45) is 0.261. The Labute approximate surface area is 164 Å². The minimum Gasteiger partial charge on any atom is -0.495 e. The predicted octanol–water partition coefficient (Wildman–Crippen LogP) is 3.88. The highest BCUT2D eigenvalue weighted by molar-refractivity contribution is 5.96. The Morgan fingerprint density at radius 2 is 1.68 bits per heavy atom. The lowest BCUT2D eigenvalue weighted by Gasteiger charge is -2.21. The highest BCUT2D eigenvalue weighted by atomic mass is 16.5. The summed E-state index contributed by atoms with van der Waals surface area (Å²) in [5.74, 6) is 0.257. The van der Waals surface area contributed by atoms with Gasteiger partial charge in [0.05, 0.1) is 25.8 Å². The van der Waals surface area contributed by atoms with Gasteiger partial charge in [-0.05, 0) is 35.4 Å². The van der Waals surface area contributed by atoms with Crippen molar-refractivity contribution in [1.82, 2.24) is 4.90 Å². The second-order valence-corrected chi connectivity index (χ2v) is 6.47. The summed E-state index contributed by atoms with van der Waals surface area (Å²) < 4.78 is 5.25. The number of rotatable bonds is 7. The van der Waals surface area contributed by atoms with Gasteiger partial charge in [-0.25, -0.2) is 0 Å². The number of para-hydroxylation sites is 2. The Morgan fingerprint density at radius 3 is 2.46 bits per heavy atom. The molecule has 0 spiro atoms. The maximum absolute atomic E-state index is 12.8. The van der Waals surface area contributed by atoms with Crippen LogP contribution >= 0.6 is 0 Å². The van der Waals surface area contributed by atoms with Crippen LogP contribution in [0.5, 0.6) is 5.75 Å². The normalized spacial score (nSPS) is 10.5. The smallest absolute Gasteiger partial charge is 0.244 e. The summed E-state index contributed by atoms with van der Waals surface area (Å²) in [4.78, 5) is 26.8. The predicted molar refractivity (Wildman–Crippen MR) is 112 cm³/mol. The molecule has 5 heteroatoms. The Kier molecular flexibility index (Phi) is 6.27. The first-order valence-electron chi connectivity index (χ1n) is 9.29. The number of hydrogen-bond acceptors (Lipinski definition) is 3. The molecular weight excluding hydrogens is 352 g/mol. The molecule has 144 valence electrons. The Bertz CT molecular complexity index is 979. The molecule has 0 aliphatic heterocycles. The van der Waals surface area contributed by atoms with Crippen molar-refractivity contribution < 1.29 is 14.3 Å². The van der Waals surface area contributed by atoms with Gasteiger partial charge < -0.3 is 15.0 Å². The lowest BCUT2D eigenvalue weighted by atomic mass is 10.0. The molecular formula is C23H24N2O3. The Morgan fingerprint density at radius 1 is 0.964 bits per heavy atom. The van der Waals surface area contributed by atoms with Crippen LogP contribution < -0.4 is 10.1 Å². The maximum Gasteiger partial charge on any atom is 0.244 e. The van der Waals surface area contributed by atoms with E-state index >= 15 is 0 Å². The van der Waals surface area contributed by atoms with E-state index in [4.69, 9.17) is 4.74 Å². The van der Waals surface area contributed by atoms with Crippen LogP contribution in [0.2, 0.25) is 0 Å². The van der Waals surface area contributed by atoms with E-state index in [9.17, 15) is 9.59 Å². The minimum absolute atomic E-state index is 0.00184. The lowest BCUT2D eigenvalue weighted by molar-refractivity contribution is -0.133. The number of likely N-dealkylation sites (N-methyl/N-ethyl adjacent to an activating group) is 1. The number of amides is 2. The van der Waals surface area contributed by atoms with Crippen molar-refractivity contribution in [3.05, 3.63) is 72.3 Å². The second kappa shape index (κ2) is 9.04. The van der Waals surface area contributed by atoms with Crippen LogP contribution in [0.15, 0.2) is 66.7 Å². The Balaban J connectivity index is 1.68. The number of methoxy groups -OCH3 is 1. The van der Waals surface area contributed by atoms with Crippen LogP contribution in [0.3, 0.4) is 0 Å². The Hall–Kier alpha value is -3.34. The number of nitrogens with one attached hydrogen (secondary N) is 1. The zero-order valence-electron chi connectivity index (χ0n) is 16.1. The third-order valence-electron chi connectivity index (χ3n) is 4.67. The summed E-state index contributed by atoms with van der Waals surface area (Å²) in [6, 6.07) is 21.1. The molecule has 0 unspecified atom stereocenters. The first-order valence-corrected chi connectivity index (χ1v) is 9.29. The number of carbonyl (C=O) groups excluding carboxylic acids is 2. The third-order valence-corrected chi connectivity index (χ3v) is 4.67. The monoisotopic (exact) mass is 376 g/mol. The van der Waals surface area contributed by atoms with Crippen molar-refractivity contribution in [1.29, 1.82) is 0 Å². The van der Waals surface area contributed by atoms with Gasteiger partial charge in [0, 0.05) is 6.54 Å². The molecule has 0 fully saturated rings. The highest BCUT2D eigenvalue weighted by Crippen LogP contribution is 2.23. The molecule has 0 saturated carbocycles. The molecule has 3 aromatic rings. The summed E-state index contributed by atoms with van der Waals surface area (Å²) in [5, 5.41) is 4.98. The largest absolute Gasteiger partial charge is 0.495 e. The molecule has 0 atom stereocenters. The van der Waals surface area contributed by atoms with Crippen LogP contribution in [-0.2, 0) is 16.0 Å². The van der Waals surface area contributed by atoms with Crippen molar-refractivity contribution in [2.24, 2.45) is 0 Å². The number of benzene rings is 3. The van der Waals surface area contributed by atoms with Gasteiger partial charge in [0.1, 0.15) is 5.75 Å². The number of ether oxygens (including phenoxy) is 1. The standard InChI is InChI=1S/C23H24N2O3/c1-3-25(16-22(26)24-20-13-6-7-14-21(20)28-2)23(27)15-18-11-8-10-17-9-4-5-12-19(17)18/h4-14H,3,15-16H2,1-2H3,(H,24,26). The zero-order chi connectivity index (χ0) is 19.9. The van der Waals surface area contributed by atoms with Gasteiger partial charge in [0.2, 0.25) is 11.8 Å². The highest BCUT2D eigenvalue weighted by Gasteiger charge is 2.17. The maximum atomic E-state index is 12.8. The average Bonchev–Trinajstić information content (AvgIpc) is 2.72. The molecule has 3 rings (SSSR count). The van der Waals surface area contributed by atoms with Crippen molar-refractivity contribution in [3.63, 3.8) is 0 Å². The second-order valence-electron chi connectivity index (χ2n) is 6.47. The number of nitrogens with zero attached hydrogens (tertiary/aromatic N) is 1. The van der Waals surface area contributed by atoms with Gasteiger partial charge >= 0.3 is 0 Å². The number of hydrogen-bond donors (Lipinski definition) is 1. The summed E-state index contributed by atoms with van der Waals surface area (Å²) in [6.45, 7) is 2.33. The van der Waals surface area contributed by atoms with Crippen molar-refractivity contribution >= 4 is 28.3 Å². The van der Waals surface area contributed by atoms with E-state index in [1.54, 1.807) is 24.1 Å². The van der Waals surface area contributed by atoms with E-state index in [1.165, 1.54) is 0 Å². The number of carbonyl (C=O) groups is 2. The molecule has 5 nitrogen and oxygen atoms in total. The van der Waals surface area contributed by atoms with Crippen molar-refractivity contribution in [2.75, 3.05) is 25.5 Å². The molecule has 28 heavy (non-hydrogen) atoms. The molecule has 2 amide bonds. The molecule has 0 saturated heterocycles. The summed E-state index contributed by atoms with van der Waals surface area (Å²) in [7, 11) is 1.55. The SMILES string of the molecule is CCN(CC(=O)Nc1ccccc1OC)C(=O)Cc1cccc2ccccc12. The van der Waals surface area contributed by atoms with Gasteiger partial charge in [-0.3, -0.25) is 9.59 Å². The summed E-state index contributed by atoms with van der Waals surface area (Å²) >= 11 is 0. The lowest BCUT2D eigenvalue weighted by Crippen LogP contribution is -2.38. The van der Waals surface area contributed by atoms with Crippen LogP contribution in [-0.4, -0.2) is 36.9 Å². The fourth-order valence-electron chi connectivity index (χ4n) is 3.21. The van der Waals surface area contributed by atoms with E-state index < -0.39 is 0 Å². The van der Waals surface area contributed by atoms with Gasteiger partial charge in [-0.2, -0.15) is 0 Å². The summed E-state index contributed by atoms with van der Waals surface area (Å²) in [5.41, 5.74) is 1.55. The van der Waals surface area contributed by atoms with Gasteiger partial charge in [-0.1, -0.05) is 54.6 Å². The van der Waals surface area contributed by atoms with E-state index in [0.717, 1.165) is 16.3 Å². The first kappa shape index (κ1) is 19.4. The fraction of sp³-hybridized carbons (Fsp3) is 0.217. The fourth-order valence-corrected chi connectivity index (χ4v) is 3.21. The van der Waals surface area contributed by atoms with Gasteiger partial charge in [0.15, 0.2) is 0 Å². The van der Waals surface area contributed by atoms with Crippen LogP contribution in [0, 0.1) is 0 Å². The van der Waals surface area contributed by atoms with Crippen LogP contribution in [0.1, 0.15) is 12.5 Å². The third kappa shape index (κ3) is 4.49. The molecule has 0 radical (unpaired) electrons. The minimum atomic E-state index is -0.252. The van der Waals surface area contributed by atoms with E-state index in [2.05, 4.69) is 5.32 Å². The first-order chi connectivity index (χ1) is 13.6. The topological polar surface area (TPSA) is 58.6 Å². The molecule has 0 aromatic heterocycles.